The molecule has 0 atom stereocenters. The SMILES string of the molecule is CCCC[Si](CCCC)(CCCC)OP(c1ccccc1)c1ccccc1. The van der Waals surface area contributed by atoms with Crippen LogP contribution in [0.15, 0.2) is 60.7 Å². The standard InChI is InChI=1S/C24H37OPSi/c1-4-7-20-27(21-8-5-2,22-9-6-3)25-26(23-16-12-10-13-17-23)24-18-14-11-15-19-24/h10-19H,4-9,20-22H2,1-3H3. The van der Waals surface area contributed by atoms with Gasteiger partial charge in [-0.15, -0.1) is 0 Å². The van der Waals surface area contributed by atoms with Crippen LogP contribution in [0.5, 0.6) is 0 Å². The van der Waals surface area contributed by atoms with Crippen LogP contribution in [0.2, 0.25) is 18.1 Å². The molecule has 27 heavy (non-hydrogen) atoms. The predicted octanol–water partition coefficient (Wildman–Crippen LogP) is 7.40. The molecule has 0 spiro atoms. The molecule has 2 rings (SSSR count). The lowest BCUT2D eigenvalue weighted by atomic mass is 10.4. The van der Waals surface area contributed by atoms with Gasteiger partial charge in [0, 0.05) is 10.6 Å². The Morgan fingerprint density at radius 1 is 0.630 bits per heavy atom. The van der Waals surface area contributed by atoms with Crippen LogP contribution >= 0.6 is 8.15 Å². The van der Waals surface area contributed by atoms with Gasteiger partial charge >= 0.3 is 0 Å². The van der Waals surface area contributed by atoms with Crippen LogP contribution in [0.3, 0.4) is 0 Å². The van der Waals surface area contributed by atoms with Crippen molar-refractivity contribution in [3.63, 3.8) is 0 Å². The van der Waals surface area contributed by atoms with Crippen LogP contribution in [0.1, 0.15) is 59.3 Å². The van der Waals surface area contributed by atoms with E-state index in [4.69, 9.17) is 4.21 Å². The van der Waals surface area contributed by atoms with Crippen molar-refractivity contribution in [1.82, 2.24) is 0 Å². The molecule has 0 N–H and O–H groups in total. The molecule has 2 aromatic carbocycles. The summed E-state index contributed by atoms with van der Waals surface area (Å²) < 4.78 is 7.32. The van der Waals surface area contributed by atoms with Gasteiger partial charge in [0.1, 0.15) is 0 Å². The lowest BCUT2D eigenvalue weighted by molar-refractivity contribution is 0.566. The summed E-state index contributed by atoms with van der Waals surface area (Å²) in [6.45, 7) is 6.95. The zero-order chi connectivity index (χ0) is 19.4. The van der Waals surface area contributed by atoms with Gasteiger partial charge in [0.2, 0.25) is 0 Å². The molecular weight excluding hydrogens is 363 g/mol. The van der Waals surface area contributed by atoms with E-state index in [0.29, 0.717) is 0 Å². The fraction of sp³-hybridized carbons (Fsp3) is 0.500. The smallest absolute Gasteiger partial charge is 0.198 e. The molecule has 0 radical (unpaired) electrons. The fourth-order valence-corrected chi connectivity index (χ4v) is 12.0. The second-order valence-corrected chi connectivity index (χ2v) is 13.8. The molecule has 0 aliphatic heterocycles. The highest BCUT2D eigenvalue weighted by atomic mass is 31.1. The van der Waals surface area contributed by atoms with Gasteiger partial charge in [0.15, 0.2) is 8.32 Å². The molecule has 0 saturated carbocycles. The molecule has 0 bridgehead atoms. The Morgan fingerprint density at radius 2 is 1.00 bits per heavy atom. The molecule has 2 aromatic rings. The van der Waals surface area contributed by atoms with Gasteiger partial charge < -0.3 is 4.21 Å². The Bertz CT molecular complexity index is 556. The van der Waals surface area contributed by atoms with Crippen molar-refractivity contribution in [3.8, 4) is 0 Å². The third-order valence-electron chi connectivity index (χ3n) is 5.22. The normalized spacial score (nSPS) is 11.9. The summed E-state index contributed by atoms with van der Waals surface area (Å²) in [7, 11) is -2.49. The van der Waals surface area contributed by atoms with Gasteiger partial charge in [-0.2, -0.15) is 0 Å². The van der Waals surface area contributed by atoms with Crippen molar-refractivity contribution >= 4 is 27.1 Å². The monoisotopic (exact) mass is 400 g/mol. The predicted molar refractivity (Wildman–Crippen MR) is 125 cm³/mol. The minimum absolute atomic E-state index is 0.727. The van der Waals surface area contributed by atoms with Gasteiger partial charge in [0.25, 0.3) is 0 Å². The highest BCUT2D eigenvalue weighted by Crippen LogP contribution is 2.44. The largest absolute Gasteiger partial charge is 0.388 e. The van der Waals surface area contributed by atoms with Crippen LogP contribution in [-0.4, -0.2) is 8.32 Å². The number of rotatable bonds is 13. The van der Waals surface area contributed by atoms with Crippen LogP contribution in [0.4, 0.5) is 0 Å². The zero-order valence-corrected chi connectivity index (χ0v) is 19.4. The van der Waals surface area contributed by atoms with Crippen molar-refractivity contribution in [2.24, 2.45) is 0 Å². The lowest BCUT2D eigenvalue weighted by Crippen LogP contribution is -2.38. The molecule has 0 fully saturated rings. The molecule has 1 nitrogen and oxygen atoms in total. The van der Waals surface area contributed by atoms with Gasteiger partial charge in [-0.3, -0.25) is 0 Å². The molecule has 3 heteroatoms. The second-order valence-electron chi connectivity index (χ2n) is 7.55. The third kappa shape index (κ3) is 7.18. The molecule has 0 unspecified atom stereocenters. The average Bonchev–Trinajstić information content (AvgIpc) is 2.74. The van der Waals surface area contributed by atoms with Crippen molar-refractivity contribution in [3.05, 3.63) is 60.7 Å². The van der Waals surface area contributed by atoms with Crippen molar-refractivity contribution < 1.29 is 4.21 Å². The summed E-state index contributed by atoms with van der Waals surface area (Å²) in [4.78, 5) is 0. The molecule has 0 aromatic heterocycles. The molecule has 0 amide bonds. The summed E-state index contributed by atoms with van der Waals surface area (Å²) in [6, 6.07) is 25.9. The van der Waals surface area contributed by atoms with Crippen LogP contribution in [0, 0.1) is 0 Å². The van der Waals surface area contributed by atoms with Gasteiger partial charge in [-0.1, -0.05) is 120 Å². The minimum Gasteiger partial charge on any atom is -0.388 e. The van der Waals surface area contributed by atoms with E-state index >= 15 is 0 Å². The fourth-order valence-electron chi connectivity index (χ4n) is 3.58. The van der Waals surface area contributed by atoms with Gasteiger partial charge in [-0.05, 0) is 18.1 Å². The summed E-state index contributed by atoms with van der Waals surface area (Å²) >= 11 is 0. The number of unbranched alkanes of at least 4 members (excludes halogenated alkanes) is 3. The van der Waals surface area contributed by atoms with E-state index < -0.39 is 16.5 Å². The first-order valence-corrected chi connectivity index (χ1v) is 14.6. The Morgan fingerprint density at radius 3 is 1.33 bits per heavy atom. The third-order valence-corrected chi connectivity index (χ3v) is 12.8. The number of hydrogen-bond acceptors (Lipinski definition) is 1. The maximum Gasteiger partial charge on any atom is 0.198 e. The summed E-state index contributed by atoms with van der Waals surface area (Å²) in [5.74, 6) is 0. The minimum atomic E-state index is -1.76. The molecule has 148 valence electrons. The van der Waals surface area contributed by atoms with E-state index in [9.17, 15) is 0 Å². The van der Waals surface area contributed by atoms with E-state index in [-0.39, 0.29) is 0 Å². The quantitative estimate of drug-likeness (QED) is 0.251. The molecule has 0 heterocycles. The first kappa shape index (κ1) is 22.3. The second kappa shape index (κ2) is 12.5. The molecule has 0 saturated heterocycles. The van der Waals surface area contributed by atoms with E-state index in [1.807, 2.05) is 0 Å². The Balaban J connectivity index is 2.37. The maximum atomic E-state index is 7.32. The summed E-state index contributed by atoms with van der Waals surface area (Å²) in [5, 5.41) is 2.72. The van der Waals surface area contributed by atoms with Crippen LogP contribution in [0.25, 0.3) is 0 Å². The van der Waals surface area contributed by atoms with Crippen molar-refractivity contribution in [2.45, 2.75) is 77.4 Å². The Labute approximate surface area is 169 Å². The van der Waals surface area contributed by atoms with Crippen molar-refractivity contribution in [2.75, 3.05) is 0 Å². The average molecular weight is 401 g/mol. The van der Waals surface area contributed by atoms with Gasteiger partial charge in [0.05, 0.1) is 8.15 Å². The number of hydrogen-bond donors (Lipinski definition) is 0. The Kier molecular flexibility index (Phi) is 10.3. The summed E-state index contributed by atoms with van der Waals surface area (Å²) in [6.07, 6.45) is 7.74. The van der Waals surface area contributed by atoms with E-state index in [1.54, 1.807) is 0 Å². The lowest BCUT2D eigenvalue weighted by Gasteiger charge is -2.36. The first-order valence-electron chi connectivity index (χ1n) is 10.8. The highest BCUT2D eigenvalue weighted by molar-refractivity contribution is 7.69. The van der Waals surface area contributed by atoms with E-state index in [1.165, 1.54) is 67.3 Å². The molecule has 0 aliphatic carbocycles. The van der Waals surface area contributed by atoms with Gasteiger partial charge in [-0.25, -0.2) is 0 Å². The zero-order valence-electron chi connectivity index (χ0n) is 17.5. The van der Waals surface area contributed by atoms with Crippen LogP contribution < -0.4 is 10.6 Å². The van der Waals surface area contributed by atoms with E-state index in [0.717, 1.165) is 0 Å². The summed E-state index contributed by atoms with van der Waals surface area (Å²) in [5.41, 5.74) is 0. The van der Waals surface area contributed by atoms with E-state index in [2.05, 4.69) is 81.4 Å². The molecule has 0 aliphatic rings. The first-order chi connectivity index (χ1) is 13.2. The van der Waals surface area contributed by atoms with Crippen molar-refractivity contribution in [1.29, 1.82) is 0 Å². The van der Waals surface area contributed by atoms with Crippen LogP contribution in [-0.2, 0) is 4.21 Å². The Hall–Kier alpha value is -0.953. The molecular formula is C24H37OPSi. The highest BCUT2D eigenvalue weighted by Gasteiger charge is 2.37. The topological polar surface area (TPSA) is 9.23 Å². The number of benzene rings is 2. The maximum absolute atomic E-state index is 7.32.